The molecule has 0 unspecified atom stereocenters. The largest absolute Gasteiger partial charge is 0.497 e. The molecule has 0 fully saturated rings. The van der Waals surface area contributed by atoms with Crippen LogP contribution in [0.15, 0.2) is 109 Å². The Bertz CT molecular complexity index is 1100. The summed E-state index contributed by atoms with van der Waals surface area (Å²) in [6.07, 6.45) is 0. The van der Waals surface area contributed by atoms with E-state index >= 15 is 0 Å². The minimum absolute atomic E-state index is 0.318. The molecule has 0 heterocycles. The van der Waals surface area contributed by atoms with Crippen LogP contribution in [0.3, 0.4) is 0 Å². The van der Waals surface area contributed by atoms with Gasteiger partial charge >= 0.3 is 0 Å². The number of amides is 1. The van der Waals surface area contributed by atoms with Crippen molar-refractivity contribution in [2.75, 3.05) is 14.2 Å². The van der Waals surface area contributed by atoms with Gasteiger partial charge in [-0.1, -0.05) is 91.0 Å². The van der Waals surface area contributed by atoms with Crippen molar-refractivity contribution in [3.63, 3.8) is 0 Å². The molecular formula is C28H26N2O3. The predicted octanol–water partition coefficient (Wildman–Crippen LogP) is 4.93. The smallest absolute Gasteiger partial charge is 0.269 e. The van der Waals surface area contributed by atoms with Crippen LogP contribution in [-0.4, -0.2) is 20.1 Å². The van der Waals surface area contributed by atoms with Crippen LogP contribution in [0, 0.1) is 0 Å². The van der Waals surface area contributed by atoms with Gasteiger partial charge in [-0.25, -0.2) is 5.43 Å². The van der Waals surface area contributed by atoms with Crippen molar-refractivity contribution < 1.29 is 14.3 Å². The van der Waals surface area contributed by atoms with E-state index in [1.807, 2.05) is 91.0 Å². The first-order valence-electron chi connectivity index (χ1n) is 10.6. The van der Waals surface area contributed by atoms with Crippen LogP contribution in [0.4, 0.5) is 0 Å². The van der Waals surface area contributed by atoms with Gasteiger partial charge in [0.1, 0.15) is 17.0 Å². The van der Waals surface area contributed by atoms with Crippen molar-refractivity contribution in [3.8, 4) is 11.5 Å². The van der Waals surface area contributed by atoms with E-state index in [1.54, 1.807) is 25.3 Å². The van der Waals surface area contributed by atoms with Crippen LogP contribution in [0.25, 0.3) is 0 Å². The third-order valence-electron chi connectivity index (χ3n) is 5.64. The predicted molar refractivity (Wildman–Crippen MR) is 129 cm³/mol. The summed E-state index contributed by atoms with van der Waals surface area (Å²) < 4.78 is 10.7. The molecule has 1 amide bonds. The van der Waals surface area contributed by atoms with Crippen molar-refractivity contribution in [1.29, 1.82) is 0 Å². The normalized spacial score (nSPS) is 11.0. The maximum atomic E-state index is 13.3. The lowest BCUT2D eigenvalue weighted by molar-refractivity contribution is 0.0915. The van der Waals surface area contributed by atoms with E-state index < -0.39 is 5.54 Å². The Labute approximate surface area is 194 Å². The highest BCUT2D eigenvalue weighted by atomic mass is 16.5. The molecule has 0 aliphatic rings. The Morgan fingerprint density at radius 2 is 1.15 bits per heavy atom. The van der Waals surface area contributed by atoms with Gasteiger partial charge in [0.2, 0.25) is 0 Å². The van der Waals surface area contributed by atoms with Gasteiger partial charge < -0.3 is 9.47 Å². The van der Waals surface area contributed by atoms with Crippen LogP contribution in [0.1, 0.15) is 27.0 Å². The molecule has 0 saturated carbocycles. The molecule has 33 heavy (non-hydrogen) atoms. The summed E-state index contributed by atoms with van der Waals surface area (Å²) in [6.45, 7) is 0. The van der Waals surface area contributed by atoms with Crippen LogP contribution >= 0.6 is 0 Å². The first-order chi connectivity index (χ1) is 16.2. The monoisotopic (exact) mass is 438 g/mol. The van der Waals surface area contributed by atoms with Gasteiger partial charge in [-0.2, -0.15) is 0 Å². The molecule has 166 valence electrons. The van der Waals surface area contributed by atoms with Gasteiger partial charge in [0.25, 0.3) is 5.91 Å². The van der Waals surface area contributed by atoms with Crippen molar-refractivity contribution in [3.05, 3.63) is 131 Å². The molecule has 5 heteroatoms. The van der Waals surface area contributed by atoms with E-state index in [4.69, 9.17) is 9.47 Å². The third kappa shape index (κ3) is 4.45. The molecule has 4 aromatic rings. The number of hydrazine groups is 1. The lowest BCUT2D eigenvalue weighted by Crippen LogP contribution is -2.53. The Kier molecular flexibility index (Phi) is 6.72. The number of carbonyl (C=O) groups is 1. The van der Waals surface area contributed by atoms with Gasteiger partial charge in [0.15, 0.2) is 0 Å². The fraction of sp³-hybridized carbons (Fsp3) is 0.107. The first-order valence-corrected chi connectivity index (χ1v) is 10.6. The quantitative estimate of drug-likeness (QED) is 0.303. The summed E-state index contributed by atoms with van der Waals surface area (Å²) in [5, 5.41) is 0. The van der Waals surface area contributed by atoms with E-state index in [1.165, 1.54) is 7.11 Å². The lowest BCUT2D eigenvalue weighted by Gasteiger charge is -2.37. The van der Waals surface area contributed by atoms with Crippen LogP contribution < -0.4 is 20.3 Å². The zero-order chi connectivity index (χ0) is 23.1. The van der Waals surface area contributed by atoms with E-state index in [0.29, 0.717) is 17.1 Å². The maximum absolute atomic E-state index is 13.3. The average Bonchev–Trinajstić information content (AvgIpc) is 2.90. The van der Waals surface area contributed by atoms with Crippen molar-refractivity contribution >= 4 is 5.91 Å². The molecule has 5 nitrogen and oxygen atoms in total. The summed E-state index contributed by atoms with van der Waals surface area (Å²) in [5.74, 6) is 0.726. The Morgan fingerprint density at radius 1 is 0.667 bits per heavy atom. The molecule has 2 N–H and O–H groups in total. The topological polar surface area (TPSA) is 59.6 Å². The second kappa shape index (κ2) is 10.0. The Balaban J connectivity index is 1.79. The number of rotatable bonds is 8. The van der Waals surface area contributed by atoms with Crippen LogP contribution in [0.2, 0.25) is 0 Å². The summed E-state index contributed by atoms with van der Waals surface area (Å²) in [6, 6.07) is 35.3. The highest BCUT2D eigenvalue weighted by molar-refractivity contribution is 5.97. The average molecular weight is 439 g/mol. The number of benzene rings is 4. The minimum atomic E-state index is -0.820. The van der Waals surface area contributed by atoms with Crippen molar-refractivity contribution in [1.82, 2.24) is 10.9 Å². The molecule has 0 aliphatic carbocycles. The number of ether oxygens (including phenoxy) is 2. The summed E-state index contributed by atoms with van der Waals surface area (Å²) >= 11 is 0. The molecular weight excluding hydrogens is 412 g/mol. The molecule has 0 radical (unpaired) electrons. The van der Waals surface area contributed by atoms with Gasteiger partial charge in [-0.05, 0) is 28.8 Å². The standard InChI is InChI=1S/C28H26N2O3/c1-32-24-18-19-25(26(20-24)33-2)27(31)29-30-28(21-12-6-3-7-13-21,22-14-8-4-9-15-22)23-16-10-5-11-17-23/h3-20,30H,1-2H3,(H,29,31). The van der Waals surface area contributed by atoms with Crippen LogP contribution in [0.5, 0.6) is 11.5 Å². The Morgan fingerprint density at radius 3 is 1.58 bits per heavy atom. The zero-order valence-electron chi connectivity index (χ0n) is 18.6. The SMILES string of the molecule is COc1ccc(C(=O)NNC(c2ccccc2)(c2ccccc2)c2ccccc2)c(OC)c1. The number of hydrogen-bond acceptors (Lipinski definition) is 4. The number of carbonyl (C=O) groups excluding carboxylic acids is 1. The molecule has 0 bridgehead atoms. The minimum Gasteiger partial charge on any atom is -0.497 e. The fourth-order valence-corrected chi connectivity index (χ4v) is 3.98. The van der Waals surface area contributed by atoms with Crippen molar-refractivity contribution in [2.45, 2.75) is 5.54 Å². The van der Waals surface area contributed by atoms with Crippen LogP contribution in [-0.2, 0) is 5.54 Å². The van der Waals surface area contributed by atoms with Gasteiger partial charge in [-0.15, -0.1) is 0 Å². The highest BCUT2D eigenvalue weighted by Crippen LogP contribution is 2.36. The molecule has 0 spiro atoms. The molecule has 0 aromatic heterocycles. The van der Waals surface area contributed by atoms with E-state index in [-0.39, 0.29) is 5.91 Å². The molecule has 4 aromatic carbocycles. The van der Waals surface area contributed by atoms with Gasteiger partial charge in [0, 0.05) is 6.07 Å². The van der Waals surface area contributed by atoms with E-state index in [9.17, 15) is 4.79 Å². The fourth-order valence-electron chi connectivity index (χ4n) is 3.98. The highest BCUT2D eigenvalue weighted by Gasteiger charge is 2.36. The lowest BCUT2D eigenvalue weighted by atomic mass is 9.77. The van der Waals surface area contributed by atoms with Crippen molar-refractivity contribution in [2.24, 2.45) is 0 Å². The molecule has 4 rings (SSSR count). The second-order valence-electron chi connectivity index (χ2n) is 7.49. The maximum Gasteiger partial charge on any atom is 0.269 e. The number of hydrogen-bond donors (Lipinski definition) is 2. The number of methoxy groups -OCH3 is 2. The van der Waals surface area contributed by atoms with E-state index in [2.05, 4.69) is 10.9 Å². The summed E-state index contributed by atoms with van der Waals surface area (Å²) in [5.41, 5.74) is 8.86. The van der Waals surface area contributed by atoms with Gasteiger partial charge in [-0.3, -0.25) is 10.2 Å². The van der Waals surface area contributed by atoms with E-state index in [0.717, 1.165) is 16.7 Å². The zero-order valence-corrected chi connectivity index (χ0v) is 18.6. The van der Waals surface area contributed by atoms with Gasteiger partial charge in [0.05, 0.1) is 19.8 Å². The Hall–Kier alpha value is -4.09. The second-order valence-corrected chi connectivity index (χ2v) is 7.49. The first kappa shape index (κ1) is 22.1. The molecule has 0 atom stereocenters. The summed E-state index contributed by atoms with van der Waals surface area (Å²) in [4.78, 5) is 13.3. The third-order valence-corrected chi connectivity index (χ3v) is 5.64. The molecule has 0 saturated heterocycles. The molecule has 0 aliphatic heterocycles. The number of nitrogens with one attached hydrogen (secondary N) is 2. The summed E-state index contributed by atoms with van der Waals surface area (Å²) in [7, 11) is 3.10.